The van der Waals surface area contributed by atoms with Gasteiger partial charge in [-0.3, -0.25) is 20.1 Å². The first-order valence-corrected chi connectivity index (χ1v) is 12.0. The monoisotopic (exact) mass is 480 g/mol. The number of hydrazine groups is 1. The molecule has 0 spiro atoms. The van der Waals surface area contributed by atoms with Crippen LogP contribution in [-0.2, 0) is 9.59 Å². The van der Waals surface area contributed by atoms with E-state index in [9.17, 15) is 9.59 Å². The largest absolute Gasteiger partial charge is 0.285 e. The highest BCUT2D eigenvalue weighted by Gasteiger charge is 2.44. The zero-order chi connectivity index (χ0) is 22.1. The molecule has 32 heavy (non-hydrogen) atoms. The van der Waals surface area contributed by atoms with Crippen molar-refractivity contribution in [2.24, 2.45) is 0 Å². The van der Waals surface area contributed by atoms with Gasteiger partial charge in [-0.25, -0.2) is 5.01 Å². The minimum Gasteiger partial charge on any atom is -0.285 e. The fourth-order valence-electron chi connectivity index (χ4n) is 3.62. The second-order valence-electron chi connectivity index (χ2n) is 7.18. The van der Waals surface area contributed by atoms with Crippen LogP contribution in [-0.4, -0.2) is 32.3 Å². The van der Waals surface area contributed by atoms with Crippen LogP contribution in [0.2, 0.25) is 5.02 Å². The van der Waals surface area contributed by atoms with Crippen molar-refractivity contribution >= 4 is 46.5 Å². The molecule has 0 aliphatic carbocycles. The number of benzene rings is 2. The van der Waals surface area contributed by atoms with E-state index in [0.717, 1.165) is 22.3 Å². The quantitative estimate of drug-likeness (QED) is 0.384. The molecule has 2 amide bonds. The molecule has 2 atom stereocenters. The van der Waals surface area contributed by atoms with E-state index in [0.29, 0.717) is 9.92 Å². The molecule has 0 radical (unpaired) electrons. The van der Waals surface area contributed by atoms with Gasteiger partial charge in [0.2, 0.25) is 0 Å². The number of nitrogens with zero attached hydrogens (tertiary/aromatic N) is 2. The number of aromatic amines is 1. The molecule has 1 fully saturated rings. The van der Waals surface area contributed by atoms with Gasteiger partial charge in [-0.2, -0.15) is 16.4 Å². The van der Waals surface area contributed by atoms with Gasteiger partial charge in [0.1, 0.15) is 6.04 Å². The third kappa shape index (κ3) is 3.92. The van der Waals surface area contributed by atoms with Crippen molar-refractivity contribution in [1.29, 1.82) is 0 Å². The summed E-state index contributed by atoms with van der Waals surface area (Å²) < 4.78 is 0. The molecule has 0 saturated carbocycles. The standard InChI is InChI=1S/C23H17ClN4O2S2/c24-18-3-1-2-4-19(18)32-21-22(29)27-28(23(21)30)20(16-9-10-31-13-16)15-7-5-14(6-8-15)17-11-25-26-12-17/h1-13,20-21H,(H,25,26)(H,27,29). The summed E-state index contributed by atoms with van der Waals surface area (Å²) in [7, 11) is 0. The number of thiophene rings is 1. The summed E-state index contributed by atoms with van der Waals surface area (Å²) in [6.45, 7) is 0. The Labute approximate surface area is 197 Å². The number of nitrogens with one attached hydrogen (secondary N) is 2. The molecule has 1 aliphatic rings. The smallest absolute Gasteiger partial charge is 0.265 e. The van der Waals surface area contributed by atoms with E-state index in [4.69, 9.17) is 11.6 Å². The molecular weight excluding hydrogens is 464 g/mol. The molecule has 160 valence electrons. The predicted molar refractivity (Wildman–Crippen MR) is 126 cm³/mol. The summed E-state index contributed by atoms with van der Waals surface area (Å²) in [5.41, 5.74) is 6.61. The highest BCUT2D eigenvalue weighted by atomic mass is 35.5. The number of aromatic nitrogens is 2. The van der Waals surface area contributed by atoms with Gasteiger partial charge in [-0.05, 0) is 45.6 Å². The summed E-state index contributed by atoms with van der Waals surface area (Å²) in [6.07, 6.45) is 3.58. The van der Waals surface area contributed by atoms with Crippen LogP contribution in [0.15, 0.2) is 82.6 Å². The van der Waals surface area contributed by atoms with Crippen molar-refractivity contribution in [3.05, 3.63) is 93.9 Å². The Hall–Kier alpha value is -3.07. The molecule has 3 heterocycles. The Balaban J connectivity index is 1.46. The van der Waals surface area contributed by atoms with Crippen LogP contribution in [0.5, 0.6) is 0 Å². The van der Waals surface area contributed by atoms with Crippen LogP contribution in [0.25, 0.3) is 11.1 Å². The zero-order valence-electron chi connectivity index (χ0n) is 16.6. The van der Waals surface area contributed by atoms with Crippen LogP contribution in [0.1, 0.15) is 17.2 Å². The van der Waals surface area contributed by atoms with E-state index in [1.807, 2.05) is 59.4 Å². The van der Waals surface area contributed by atoms with Crippen LogP contribution in [0.3, 0.4) is 0 Å². The lowest BCUT2D eigenvalue weighted by Gasteiger charge is -2.27. The second kappa shape index (κ2) is 8.82. The summed E-state index contributed by atoms with van der Waals surface area (Å²) >= 11 is 8.96. The Kier molecular flexibility index (Phi) is 5.73. The van der Waals surface area contributed by atoms with Gasteiger partial charge in [0.15, 0.2) is 5.25 Å². The Morgan fingerprint density at radius 1 is 1.03 bits per heavy atom. The fourth-order valence-corrected chi connectivity index (χ4v) is 5.54. The van der Waals surface area contributed by atoms with E-state index in [1.165, 1.54) is 16.8 Å². The number of carbonyl (C=O) groups excluding carboxylic acids is 2. The van der Waals surface area contributed by atoms with Gasteiger partial charge in [-0.15, -0.1) is 11.8 Å². The molecule has 2 unspecified atom stereocenters. The number of H-pyrrole nitrogens is 1. The lowest BCUT2D eigenvalue weighted by Crippen LogP contribution is -2.39. The molecule has 2 aromatic carbocycles. The van der Waals surface area contributed by atoms with Crippen LogP contribution in [0.4, 0.5) is 0 Å². The number of hydrogen-bond acceptors (Lipinski definition) is 5. The van der Waals surface area contributed by atoms with E-state index in [2.05, 4.69) is 15.6 Å². The molecule has 2 N–H and O–H groups in total. The SMILES string of the molecule is O=C1NN(C(c2ccc(-c3cn[nH]c3)cc2)c2ccsc2)C(=O)C1Sc1ccccc1Cl. The van der Waals surface area contributed by atoms with Crippen molar-refractivity contribution < 1.29 is 9.59 Å². The molecule has 0 bridgehead atoms. The van der Waals surface area contributed by atoms with Crippen molar-refractivity contribution in [3.63, 3.8) is 0 Å². The van der Waals surface area contributed by atoms with Gasteiger partial charge in [-0.1, -0.05) is 48.0 Å². The molecule has 1 saturated heterocycles. The number of thioether (sulfide) groups is 1. The average molecular weight is 481 g/mol. The Bertz CT molecular complexity index is 1240. The van der Waals surface area contributed by atoms with Gasteiger partial charge >= 0.3 is 0 Å². The number of carbonyl (C=O) groups is 2. The summed E-state index contributed by atoms with van der Waals surface area (Å²) in [5.74, 6) is -0.648. The first-order chi connectivity index (χ1) is 15.6. The average Bonchev–Trinajstić information content (AvgIpc) is 3.56. The Morgan fingerprint density at radius 2 is 1.84 bits per heavy atom. The highest BCUT2D eigenvalue weighted by Crippen LogP contribution is 2.37. The lowest BCUT2D eigenvalue weighted by molar-refractivity contribution is -0.131. The predicted octanol–water partition coefficient (Wildman–Crippen LogP) is 4.92. The third-order valence-electron chi connectivity index (χ3n) is 5.19. The lowest BCUT2D eigenvalue weighted by atomic mass is 9.98. The molecule has 2 aromatic heterocycles. The number of rotatable bonds is 6. The highest BCUT2D eigenvalue weighted by molar-refractivity contribution is 8.01. The molecule has 1 aliphatic heterocycles. The topological polar surface area (TPSA) is 78.1 Å². The summed E-state index contributed by atoms with van der Waals surface area (Å²) in [4.78, 5) is 26.8. The minimum absolute atomic E-state index is 0.296. The maximum atomic E-state index is 13.4. The van der Waals surface area contributed by atoms with Crippen molar-refractivity contribution in [2.45, 2.75) is 16.2 Å². The fraction of sp³-hybridized carbons (Fsp3) is 0.0870. The molecule has 6 nitrogen and oxygen atoms in total. The maximum absolute atomic E-state index is 13.4. The summed E-state index contributed by atoms with van der Waals surface area (Å²) in [6, 6.07) is 16.6. The van der Waals surface area contributed by atoms with Crippen molar-refractivity contribution in [2.75, 3.05) is 0 Å². The number of amides is 2. The number of hydrogen-bond donors (Lipinski definition) is 2. The van der Waals surface area contributed by atoms with E-state index in [1.54, 1.807) is 29.7 Å². The van der Waals surface area contributed by atoms with Crippen LogP contribution < -0.4 is 5.43 Å². The molecular formula is C23H17ClN4O2S2. The Morgan fingerprint density at radius 3 is 2.53 bits per heavy atom. The van der Waals surface area contributed by atoms with Crippen molar-refractivity contribution in [1.82, 2.24) is 20.6 Å². The van der Waals surface area contributed by atoms with Crippen LogP contribution in [0, 0.1) is 0 Å². The maximum Gasteiger partial charge on any atom is 0.265 e. The third-order valence-corrected chi connectivity index (χ3v) is 7.59. The van der Waals surface area contributed by atoms with Crippen LogP contribution >= 0.6 is 34.7 Å². The number of halogens is 1. The summed E-state index contributed by atoms with van der Waals surface area (Å²) in [5, 5.41) is 11.8. The molecule has 9 heteroatoms. The van der Waals surface area contributed by atoms with Gasteiger partial charge in [0, 0.05) is 16.7 Å². The molecule has 4 aromatic rings. The van der Waals surface area contributed by atoms with Gasteiger partial charge < -0.3 is 0 Å². The van der Waals surface area contributed by atoms with Gasteiger partial charge in [0.05, 0.1) is 11.2 Å². The first kappa shape index (κ1) is 20.8. The van der Waals surface area contributed by atoms with E-state index in [-0.39, 0.29) is 11.8 Å². The second-order valence-corrected chi connectivity index (χ2v) is 9.51. The van der Waals surface area contributed by atoms with Crippen molar-refractivity contribution in [3.8, 4) is 11.1 Å². The van der Waals surface area contributed by atoms with E-state index >= 15 is 0 Å². The zero-order valence-corrected chi connectivity index (χ0v) is 19.0. The van der Waals surface area contributed by atoms with Gasteiger partial charge in [0.25, 0.3) is 11.8 Å². The normalized spacial score (nSPS) is 16.9. The molecule has 5 rings (SSSR count). The minimum atomic E-state index is -0.902. The first-order valence-electron chi connectivity index (χ1n) is 9.78. The van der Waals surface area contributed by atoms with E-state index < -0.39 is 11.3 Å².